The van der Waals surface area contributed by atoms with Gasteiger partial charge >= 0.3 is 6.18 Å². The van der Waals surface area contributed by atoms with Crippen LogP contribution in [-0.4, -0.2) is 42.2 Å². The van der Waals surface area contributed by atoms with Crippen molar-refractivity contribution in [3.8, 4) is 0 Å². The van der Waals surface area contributed by atoms with Gasteiger partial charge in [-0.2, -0.15) is 13.2 Å². The molecule has 1 saturated heterocycles. The Bertz CT molecular complexity index is 585. The van der Waals surface area contributed by atoms with Gasteiger partial charge in [0.1, 0.15) is 6.04 Å². The Morgan fingerprint density at radius 2 is 1.85 bits per heavy atom. The van der Waals surface area contributed by atoms with Crippen molar-refractivity contribution in [1.82, 2.24) is 15.2 Å². The van der Waals surface area contributed by atoms with Gasteiger partial charge in [0, 0.05) is 37.9 Å². The summed E-state index contributed by atoms with van der Waals surface area (Å²) in [5, 5.41) is 3.90. The van der Waals surface area contributed by atoms with Crippen LogP contribution in [-0.2, 0) is 0 Å². The number of H-pyrrole nitrogens is 1. The number of nitrogens with one attached hydrogen (secondary N) is 2. The fourth-order valence-electron chi connectivity index (χ4n) is 2.79. The molecule has 1 fully saturated rings. The average Bonchev–Trinajstić information content (AvgIpc) is 2.86. The number of piperazine rings is 1. The molecule has 1 aromatic carbocycles. The van der Waals surface area contributed by atoms with Crippen LogP contribution in [0.25, 0.3) is 10.9 Å². The minimum Gasteiger partial charge on any atom is -0.361 e. The van der Waals surface area contributed by atoms with Gasteiger partial charge in [0.25, 0.3) is 0 Å². The van der Waals surface area contributed by atoms with Crippen molar-refractivity contribution < 1.29 is 13.2 Å². The molecule has 2 heterocycles. The maximum absolute atomic E-state index is 13.4. The van der Waals surface area contributed by atoms with Crippen LogP contribution in [0, 0.1) is 0 Å². The van der Waals surface area contributed by atoms with E-state index in [-0.39, 0.29) is 0 Å². The number of aromatic nitrogens is 1. The van der Waals surface area contributed by atoms with E-state index in [0.29, 0.717) is 31.7 Å². The number of rotatable bonds is 2. The van der Waals surface area contributed by atoms with E-state index in [9.17, 15) is 13.2 Å². The zero-order valence-corrected chi connectivity index (χ0v) is 10.9. The predicted octanol–water partition coefficient (Wildman–Crippen LogP) is 2.68. The molecule has 3 nitrogen and oxygen atoms in total. The van der Waals surface area contributed by atoms with Gasteiger partial charge in [-0.25, -0.2) is 0 Å². The highest BCUT2D eigenvalue weighted by molar-refractivity contribution is 5.80. The fourth-order valence-corrected chi connectivity index (χ4v) is 2.79. The zero-order valence-electron chi connectivity index (χ0n) is 10.9. The first-order valence-electron chi connectivity index (χ1n) is 6.64. The first-order valence-corrected chi connectivity index (χ1v) is 6.64. The number of halogens is 3. The summed E-state index contributed by atoms with van der Waals surface area (Å²) in [6, 6.07) is 5.18. The Hall–Kier alpha value is -1.53. The number of benzene rings is 1. The molecule has 2 N–H and O–H groups in total. The monoisotopic (exact) mass is 283 g/mol. The predicted molar refractivity (Wildman–Crippen MR) is 71.5 cm³/mol. The minimum absolute atomic E-state index is 0.312. The van der Waals surface area contributed by atoms with E-state index >= 15 is 0 Å². The normalized spacial score (nSPS) is 19.4. The maximum atomic E-state index is 13.4. The van der Waals surface area contributed by atoms with Crippen molar-refractivity contribution in [2.45, 2.75) is 12.2 Å². The number of hydrogen-bond donors (Lipinski definition) is 2. The molecule has 0 spiro atoms. The van der Waals surface area contributed by atoms with Crippen molar-refractivity contribution in [3.05, 3.63) is 36.0 Å². The topological polar surface area (TPSA) is 31.1 Å². The van der Waals surface area contributed by atoms with Crippen molar-refractivity contribution >= 4 is 10.9 Å². The summed E-state index contributed by atoms with van der Waals surface area (Å²) < 4.78 is 40.3. The SMILES string of the molecule is FC(F)(F)[C@H](c1ccc2[nH]ccc2c1)N1CCNCC1. The van der Waals surface area contributed by atoms with Crippen LogP contribution >= 0.6 is 0 Å². The van der Waals surface area contributed by atoms with Crippen molar-refractivity contribution in [2.75, 3.05) is 26.2 Å². The highest BCUT2D eigenvalue weighted by atomic mass is 19.4. The number of nitrogens with zero attached hydrogens (tertiary/aromatic N) is 1. The molecule has 0 unspecified atom stereocenters. The first kappa shape index (κ1) is 13.5. The number of aromatic amines is 1. The second-order valence-corrected chi connectivity index (χ2v) is 5.05. The number of fused-ring (bicyclic) bond motifs is 1. The van der Waals surface area contributed by atoms with Crippen molar-refractivity contribution in [2.24, 2.45) is 0 Å². The quantitative estimate of drug-likeness (QED) is 0.888. The molecular formula is C14H16F3N3. The van der Waals surface area contributed by atoms with Gasteiger partial charge in [0.15, 0.2) is 0 Å². The molecular weight excluding hydrogens is 267 g/mol. The van der Waals surface area contributed by atoms with E-state index in [2.05, 4.69) is 10.3 Å². The summed E-state index contributed by atoms with van der Waals surface area (Å²) in [6.07, 6.45) is -2.52. The Balaban J connectivity index is 1.99. The zero-order chi connectivity index (χ0) is 14.2. The molecule has 1 aliphatic heterocycles. The van der Waals surface area contributed by atoms with E-state index in [1.807, 2.05) is 0 Å². The van der Waals surface area contributed by atoms with Gasteiger partial charge in [-0.1, -0.05) is 6.07 Å². The second-order valence-electron chi connectivity index (χ2n) is 5.05. The van der Waals surface area contributed by atoms with Gasteiger partial charge in [0.2, 0.25) is 0 Å². The van der Waals surface area contributed by atoms with E-state index in [1.54, 1.807) is 30.5 Å². The molecule has 3 rings (SSSR count). The lowest BCUT2D eigenvalue weighted by atomic mass is 10.0. The molecule has 0 bridgehead atoms. The van der Waals surface area contributed by atoms with Crippen molar-refractivity contribution in [1.29, 1.82) is 0 Å². The summed E-state index contributed by atoms with van der Waals surface area (Å²) in [5.41, 5.74) is 1.17. The largest absolute Gasteiger partial charge is 0.408 e. The summed E-state index contributed by atoms with van der Waals surface area (Å²) in [6.45, 7) is 2.02. The molecule has 0 aliphatic carbocycles. The summed E-state index contributed by atoms with van der Waals surface area (Å²) in [5.74, 6) is 0. The van der Waals surface area contributed by atoms with Crippen LogP contribution in [0.5, 0.6) is 0 Å². The highest BCUT2D eigenvalue weighted by Gasteiger charge is 2.44. The molecule has 6 heteroatoms. The van der Waals surface area contributed by atoms with Gasteiger partial charge in [-0.05, 0) is 29.1 Å². The Morgan fingerprint density at radius 3 is 2.55 bits per heavy atom. The third-order valence-corrected chi connectivity index (χ3v) is 3.72. The lowest BCUT2D eigenvalue weighted by Crippen LogP contribution is -2.49. The first-order chi connectivity index (χ1) is 9.55. The summed E-state index contributed by atoms with van der Waals surface area (Å²) in [4.78, 5) is 4.50. The van der Waals surface area contributed by atoms with E-state index in [0.717, 1.165) is 10.9 Å². The van der Waals surface area contributed by atoms with Gasteiger partial charge in [0.05, 0.1) is 0 Å². The smallest absolute Gasteiger partial charge is 0.361 e. The lowest BCUT2D eigenvalue weighted by molar-refractivity contribution is -0.187. The summed E-state index contributed by atoms with van der Waals surface area (Å²) in [7, 11) is 0. The van der Waals surface area contributed by atoms with E-state index in [1.165, 1.54) is 4.90 Å². The fraction of sp³-hybridized carbons (Fsp3) is 0.429. The molecule has 20 heavy (non-hydrogen) atoms. The molecule has 0 saturated carbocycles. The average molecular weight is 283 g/mol. The third kappa shape index (κ3) is 2.53. The lowest BCUT2D eigenvalue weighted by Gasteiger charge is -2.36. The number of alkyl halides is 3. The van der Waals surface area contributed by atoms with E-state index < -0.39 is 12.2 Å². The molecule has 1 aliphatic rings. The third-order valence-electron chi connectivity index (χ3n) is 3.72. The molecule has 0 radical (unpaired) electrons. The molecule has 1 aromatic heterocycles. The standard InChI is InChI=1S/C14H16F3N3/c15-14(16,17)13(20-7-5-18-6-8-20)11-1-2-12-10(9-11)3-4-19-12/h1-4,9,13,18-19H,5-8H2/t13-/m0/s1. The molecule has 2 aromatic rings. The minimum atomic E-state index is -4.26. The van der Waals surface area contributed by atoms with Crippen molar-refractivity contribution in [3.63, 3.8) is 0 Å². The molecule has 0 amide bonds. The van der Waals surface area contributed by atoms with Gasteiger partial charge in [-0.3, -0.25) is 4.90 Å². The second kappa shape index (κ2) is 5.10. The van der Waals surface area contributed by atoms with Crippen LogP contribution in [0.2, 0.25) is 0 Å². The Morgan fingerprint density at radius 1 is 1.10 bits per heavy atom. The van der Waals surface area contributed by atoms with E-state index in [4.69, 9.17) is 0 Å². The van der Waals surface area contributed by atoms with Crippen LogP contribution in [0.4, 0.5) is 13.2 Å². The Labute approximate surface area is 114 Å². The molecule has 1 atom stereocenters. The molecule has 108 valence electrons. The Kier molecular flexibility index (Phi) is 3.43. The van der Waals surface area contributed by atoms with Crippen LogP contribution < -0.4 is 5.32 Å². The van der Waals surface area contributed by atoms with Crippen LogP contribution in [0.15, 0.2) is 30.5 Å². The van der Waals surface area contributed by atoms with Crippen LogP contribution in [0.3, 0.4) is 0 Å². The van der Waals surface area contributed by atoms with Crippen LogP contribution in [0.1, 0.15) is 11.6 Å². The number of hydrogen-bond acceptors (Lipinski definition) is 2. The highest BCUT2D eigenvalue weighted by Crippen LogP contribution is 2.38. The van der Waals surface area contributed by atoms with Gasteiger partial charge in [-0.15, -0.1) is 0 Å². The van der Waals surface area contributed by atoms with Gasteiger partial charge < -0.3 is 10.3 Å². The summed E-state index contributed by atoms with van der Waals surface area (Å²) >= 11 is 0. The maximum Gasteiger partial charge on any atom is 0.408 e.